The zero-order valence-electron chi connectivity index (χ0n) is 10.9. The van der Waals surface area contributed by atoms with Crippen molar-refractivity contribution in [2.24, 2.45) is 5.41 Å². The lowest BCUT2D eigenvalue weighted by Crippen LogP contribution is -2.66. The monoisotopic (exact) mass is 229 g/mol. The highest BCUT2D eigenvalue weighted by Gasteiger charge is 2.53. The Labute approximate surface area is 103 Å². The van der Waals surface area contributed by atoms with Crippen LogP contribution in [0.1, 0.15) is 26.3 Å². The van der Waals surface area contributed by atoms with Gasteiger partial charge >= 0.3 is 0 Å². The van der Waals surface area contributed by atoms with Crippen molar-refractivity contribution < 1.29 is 4.79 Å². The second-order valence-electron chi connectivity index (χ2n) is 5.20. The number of carbonyl (C=O) groups is 1. The highest BCUT2D eigenvalue weighted by Crippen LogP contribution is 2.42. The van der Waals surface area contributed by atoms with E-state index < -0.39 is 0 Å². The minimum atomic E-state index is -0.280. The normalized spacial score (nSPS) is 22.9. The zero-order chi connectivity index (χ0) is 12.6. The topological polar surface area (TPSA) is 20.3 Å². The van der Waals surface area contributed by atoms with Crippen molar-refractivity contribution in [3.63, 3.8) is 0 Å². The van der Waals surface area contributed by atoms with E-state index in [0.29, 0.717) is 0 Å². The Morgan fingerprint density at radius 1 is 1.24 bits per heavy atom. The first kappa shape index (κ1) is 11.9. The van der Waals surface area contributed by atoms with Crippen LogP contribution in [-0.2, 0) is 4.79 Å². The Kier molecular flexibility index (Phi) is 2.82. The summed E-state index contributed by atoms with van der Waals surface area (Å²) in [6, 6.07) is 8.28. The molecule has 90 valence electrons. The maximum atomic E-state index is 12.1. The van der Waals surface area contributed by atoms with E-state index in [4.69, 9.17) is 0 Å². The van der Waals surface area contributed by atoms with Gasteiger partial charge in [0.2, 0.25) is 5.91 Å². The minimum absolute atomic E-state index is 0.169. The molecule has 0 spiro atoms. The number of carbonyl (C=O) groups excluding carboxylic acids is 1. The maximum Gasteiger partial charge on any atom is 0.235 e. The summed E-state index contributed by atoms with van der Waals surface area (Å²) in [7, 11) is 0. The zero-order valence-corrected chi connectivity index (χ0v) is 10.9. The molecule has 1 fully saturated rings. The molecule has 0 N–H and O–H groups in total. The number of aryl methyl sites for hydroxylation is 1. The highest BCUT2D eigenvalue weighted by molar-refractivity contribution is 6.06. The van der Waals surface area contributed by atoms with Crippen molar-refractivity contribution in [1.82, 2.24) is 0 Å². The van der Waals surface area contributed by atoms with Gasteiger partial charge in [0.15, 0.2) is 0 Å². The van der Waals surface area contributed by atoms with Crippen LogP contribution in [0.25, 0.3) is 0 Å². The minimum Gasteiger partial charge on any atom is -0.304 e. The molecular formula is C15H19NO. The number of allylic oxidation sites excluding steroid dienone is 1. The van der Waals surface area contributed by atoms with Crippen LogP contribution in [0.4, 0.5) is 5.69 Å². The molecule has 0 saturated carbocycles. The van der Waals surface area contributed by atoms with Gasteiger partial charge in [-0.3, -0.25) is 4.79 Å². The predicted octanol–water partition coefficient (Wildman–Crippen LogP) is 3.31. The van der Waals surface area contributed by atoms with Crippen molar-refractivity contribution in [3.05, 3.63) is 42.0 Å². The summed E-state index contributed by atoms with van der Waals surface area (Å²) in [5, 5.41) is 0. The Balaban J connectivity index is 2.33. The van der Waals surface area contributed by atoms with E-state index in [-0.39, 0.29) is 17.4 Å². The molecule has 2 rings (SSSR count). The third kappa shape index (κ3) is 1.78. The Morgan fingerprint density at radius 2 is 1.82 bits per heavy atom. The van der Waals surface area contributed by atoms with Crippen molar-refractivity contribution in [1.29, 1.82) is 0 Å². The van der Waals surface area contributed by atoms with Crippen LogP contribution in [0.15, 0.2) is 36.4 Å². The van der Waals surface area contributed by atoms with Crippen LogP contribution in [-0.4, -0.2) is 11.9 Å². The van der Waals surface area contributed by atoms with Gasteiger partial charge in [0.25, 0.3) is 0 Å². The summed E-state index contributed by atoms with van der Waals surface area (Å²) in [6.07, 6.45) is 4.11. The molecule has 1 saturated heterocycles. The molecule has 1 heterocycles. The molecule has 0 aromatic heterocycles. The van der Waals surface area contributed by atoms with Crippen LogP contribution < -0.4 is 4.90 Å². The van der Waals surface area contributed by atoms with E-state index in [1.807, 2.05) is 56.0 Å². The molecule has 0 aliphatic carbocycles. The molecule has 1 aliphatic rings. The van der Waals surface area contributed by atoms with E-state index in [2.05, 4.69) is 13.0 Å². The van der Waals surface area contributed by atoms with E-state index in [1.54, 1.807) is 0 Å². The number of rotatable bonds is 2. The molecule has 1 aromatic carbocycles. The first-order valence-corrected chi connectivity index (χ1v) is 6.01. The van der Waals surface area contributed by atoms with Gasteiger partial charge in [-0.15, -0.1) is 0 Å². The fourth-order valence-electron chi connectivity index (χ4n) is 2.31. The number of β-lactam (4-membered cyclic amide) rings is 1. The summed E-state index contributed by atoms with van der Waals surface area (Å²) in [5.74, 6) is 0.199. The van der Waals surface area contributed by atoms with E-state index in [1.165, 1.54) is 5.56 Å². The second-order valence-corrected chi connectivity index (χ2v) is 5.20. The average molecular weight is 229 g/mol. The second kappa shape index (κ2) is 4.02. The Hall–Kier alpha value is -1.57. The third-order valence-electron chi connectivity index (χ3n) is 3.47. The molecule has 17 heavy (non-hydrogen) atoms. The lowest BCUT2D eigenvalue weighted by atomic mass is 9.73. The van der Waals surface area contributed by atoms with Crippen molar-refractivity contribution >= 4 is 11.6 Å². The molecule has 0 bridgehead atoms. The highest BCUT2D eigenvalue weighted by atomic mass is 16.2. The molecule has 1 aliphatic heterocycles. The number of benzene rings is 1. The molecule has 2 heteroatoms. The summed E-state index contributed by atoms with van der Waals surface area (Å²) >= 11 is 0. The Morgan fingerprint density at radius 3 is 2.35 bits per heavy atom. The summed E-state index contributed by atoms with van der Waals surface area (Å²) in [5.41, 5.74) is 1.92. The van der Waals surface area contributed by atoms with Crippen molar-refractivity contribution in [3.8, 4) is 0 Å². The first-order chi connectivity index (χ1) is 7.98. The average Bonchev–Trinajstić information content (AvgIpc) is 2.31. The number of hydrogen-bond acceptors (Lipinski definition) is 1. The van der Waals surface area contributed by atoms with Gasteiger partial charge in [-0.2, -0.15) is 0 Å². The van der Waals surface area contributed by atoms with Crippen LogP contribution in [0.3, 0.4) is 0 Å². The molecule has 1 atom stereocenters. The van der Waals surface area contributed by atoms with E-state index in [0.717, 1.165) is 5.69 Å². The van der Waals surface area contributed by atoms with Crippen LogP contribution in [0, 0.1) is 12.3 Å². The number of hydrogen-bond donors (Lipinski definition) is 0. The lowest BCUT2D eigenvalue weighted by Gasteiger charge is -2.51. The SMILES string of the molecule is C/C=C\C1N(c2ccc(C)cc2)C(=O)C1(C)C. The van der Waals surface area contributed by atoms with E-state index in [9.17, 15) is 4.79 Å². The number of anilines is 1. The summed E-state index contributed by atoms with van der Waals surface area (Å²) in [6.45, 7) is 8.05. The molecular weight excluding hydrogens is 210 g/mol. The largest absolute Gasteiger partial charge is 0.304 e. The lowest BCUT2D eigenvalue weighted by molar-refractivity contribution is -0.135. The van der Waals surface area contributed by atoms with Gasteiger partial charge in [-0.1, -0.05) is 29.8 Å². The molecule has 0 radical (unpaired) electrons. The molecule has 2 nitrogen and oxygen atoms in total. The maximum absolute atomic E-state index is 12.1. The van der Waals surface area contributed by atoms with Crippen LogP contribution in [0.5, 0.6) is 0 Å². The number of nitrogens with zero attached hydrogens (tertiary/aromatic N) is 1. The molecule has 1 unspecified atom stereocenters. The standard InChI is InChI=1S/C15H19NO/c1-5-6-13-15(3,4)14(17)16(13)12-9-7-11(2)8-10-12/h5-10,13H,1-4H3/b6-5-. The summed E-state index contributed by atoms with van der Waals surface area (Å²) in [4.78, 5) is 14.0. The van der Waals surface area contributed by atoms with Gasteiger partial charge in [0, 0.05) is 5.69 Å². The van der Waals surface area contributed by atoms with Gasteiger partial charge in [0.1, 0.15) is 0 Å². The van der Waals surface area contributed by atoms with Crippen molar-refractivity contribution in [2.45, 2.75) is 33.7 Å². The van der Waals surface area contributed by atoms with Crippen molar-refractivity contribution in [2.75, 3.05) is 4.90 Å². The van der Waals surface area contributed by atoms with E-state index >= 15 is 0 Å². The quantitative estimate of drug-likeness (QED) is 0.563. The summed E-state index contributed by atoms with van der Waals surface area (Å²) < 4.78 is 0. The molecule has 1 aromatic rings. The fraction of sp³-hybridized carbons (Fsp3) is 0.400. The van der Waals surface area contributed by atoms with Crippen LogP contribution >= 0.6 is 0 Å². The smallest absolute Gasteiger partial charge is 0.235 e. The fourth-order valence-corrected chi connectivity index (χ4v) is 2.31. The van der Waals surface area contributed by atoms with Crippen LogP contribution in [0.2, 0.25) is 0 Å². The third-order valence-corrected chi connectivity index (χ3v) is 3.47. The number of amides is 1. The van der Waals surface area contributed by atoms with Gasteiger partial charge in [-0.05, 0) is 39.8 Å². The molecule has 1 amide bonds. The van der Waals surface area contributed by atoms with Gasteiger partial charge < -0.3 is 4.90 Å². The van der Waals surface area contributed by atoms with Gasteiger partial charge in [0.05, 0.1) is 11.5 Å². The first-order valence-electron chi connectivity index (χ1n) is 6.01. The Bertz CT molecular complexity index is 456. The predicted molar refractivity (Wildman–Crippen MR) is 71.0 cm³/mol. The van der Waals surface area contributed by atoms with Gasteiger partial charge in [-0.25, -0.2) is 0 Å².